The van der Waals surface area contributed by atoms with Crippen molar-refractivity contribution in [1.29, 1.82) is 0 Å². The van der Waals surface area contributed by atoms with E-state index in [-0.39, 0.29) is 22.7 Å². The van der Waals surface area contributed by atoms with Crippen LogP contribution in [0.4, 0.5) is 30.4 Å². The summed E-state index contributed by atoms with van der Waals surface area (Å²) in [5, 5.41) is 11.8. The smallest absolute Gasteiger partial charge is 0.355 e. The van der Waals surface area contributed by atoms with Gasteiger partial charge in [0.2, 0.25) is 5.82 Å². The third-order valence-electron chi connectivity index (χ3n) is 4.88. The predicted molar refractivity (Wildman–Crippen MR) is 118 cm³/mol. The first-order valence-corrected chi connectivity index (χ1v) is 9.96. The Bertz CT molecular complexity index is 1400. The molecule has 0 saturated heterocycles. The lowest BCUT2D eigenvalue weighted by Gasteiger charge is -2.14. The van der Waals surface area contributed by atoms with Gasteiger partial charge in [0.15, 0.2) is 11.5 Å². The number of rotatable bonds is 5. The van der Waals surface area contributed by atoms with E-state index in [2.05, 4.69) is 31.0 Å². The van der Waals surface area contributed by atoms with Crippen molar-refractivity contribution in [3.63, 3.8) is 0 Å². The molecule has 0 aliphatic carbocycles. The third-order valence-corrected chi connectivity index (χ3v) is 4.88. The van der Waals surface area contributed by atoms with Crippen molar-refractivity contribution < 1.29 is 22.8 Å². The molecule has 4 aromatic rings. The Balaban J connectivity index is 1.71. The van der Waals surface area contributed by atoms with Crippen molar-refractivity contribution in [3.8, 4) is 0 Å². The number of nitrogens with one attached hydrogen (secondary N) is 3. The molecule has 12 heteroatoms. The average Bonchev–Trinajstić information content (AvgIpc) is 3.25. The van der Waals surface area contributed by atoms with Crippen LogP contribution in [0.15, 0.2) is 54.7 Å². The first-order chi connectivity index (χ1) is 16.2. The second kappa shape index (κ2) is 8.81. The van der Waals surface area contributed by atoms with Crippen molar-refractivity contribution in [1.82, 2.24) is 24.9 Å². The maximum absolute atomic E-state index is 13.3. The summed E-state index contributed by atoms with van der Waals surface area (Å²) in [5.74, 6) is -1.58. The predicted octanol–water partition coefficient (Wildman–Crippen LogP) is 3.81. The fourth-order valence-corrected chi connectivity index (χ4v) is 3.16. The van der Waals surface area contributed by atoms with Crippen LogP contribution in [0.5, 0.6) is 0 Å². The van der Waals surface area contributed by atoms with Crippen LogP contribution in [0, 0.1) is 6.92 Å². The van der Waals surface area contributed by atoms with Gasteiger partial charge in [-0.1, -0.05) is 24.3 Å². The van der Waals surface area contributed by atoms with Gasteiger partial charge in [0.1, 0.15) is 5.69 Å². The normalized spacial score (nSPS) is 11.3. The maximum Gasteiger partial charge on any atom is 0.433 e. The molecule has 0 radical (unpaired) electrons. The number of hydrogen-bond donors (Lipinski definition) is 3. The Morgan fingerprint density at radius 1 is 1.00 bits per heavy atom. The molecule has 0 aliphatic heterocycles. The Hall–Kier alpha value is -4.48. The van der Waals surface area contributed by atoms with Gasteiger partial charge >= 0.3 is 6.18 Å². The number of carbonyl (C=O) groups excluding carboxylic acids is 2. The first-order valence-electron chi connectivity index (χ1n) is 9.96. The van der Waals surface area contributed by atoms with Crippen molar-refractivity contribution in [2.75, 3.05) is 17.7 Å². The fourth-order valence-electron chi connectivity index (χ4n) is 3.16. The van der Waals surface area contributed by atoms with E-state index < -0.39 is 29.5 Å². The van der Waals surface area contributed by atoms with Gasteiger partial charge in [-0.05, 0) is 36.8 Å². The summed E-state index contributed by atoms with van der Waals surface area (Å²) < 4.78 is 40.4. The summed E-state index contributed by atoms with van der Waals surface area (Å²) in [7, 11) is 1.44. The number of aryl methyl sites for hydroxylation is 1. The van der Waals surface area contributed by atoms with E-state index in [4.69, 9.17) is 0 Å². The highest BCUT2D eigenvalue weighted by Crippen LogP contribution is 2.30. The quantitative estimate of drug-likeness (QED) is 0.410. The monoisotopic (exact) mass is 469 g/mol. The summed E-state index contributed by atoms with van der Waals surface area (Å²) >= 11 is 0. The maximum atomic E-state index is 13.3. The van der Waals surface area contributed by atoms with Crippen molar-refractivity contribution in [3.05, 3.63) is 77.4 Å². The summed E-state index contributed by atoms with van der Waals surface area (Å²) in [6, 6.07) is 12.1. The van der Waals surface area contributed by atoms with Crippen LogP contribution in [0.2, 0.25) is 0 Å². The van der Waals surface area contributed by atoms with E-state index in [1.54, 1.807) is 6.07 Å². The van der Waals surface area contributed by atoms with Gasteiger partial charge in [0.25, 0.3) is 11.8 Å². The molecule has 0 fully saturated rings. The lowest BCUT2D eigenvalue weighted by atomic mass is 10.2. The second-order valence-electron chi connectivity index (χ2n) is 7.21. The number of nitrogens with zero attached hydrogens (tertiary/aromatic N) is 4. The molecule has 0 aliphatic rings. The van der Waals surface area contributed by atoms with Crippen LogP contribution >= 0.6 is 0 Å². The number of para-hydroxylation sites is 1. The highest BCUT2D eigenvalue weighted by Gasteiger charge is 2.34. The molecule has 34 heavy (non-hydrogen) atoms. The second-order valence-corrected chi connectivity index (χ2v) is 7.21. The average molecular weight is 469 g/mol. The zero-order chi connectivity index (χ0) is 24.5. The third kappa shape index (κ3) is 4.51. The zero-order valence-electron chi connectivity index (χ0n) is 17.9. The summed E-state index contributed by atoms with van der Waals surface area (Å²) in [5.41, 5.74) is 0.675. The summed E-state index contributed by atoms with van der Waals surface area (Å²) in [4.78, 5) is 33.1. The molecular formula is C22H18F3N7O2. The van der Waals surface area contributed by atoms with Crippen LogP contribution in [0.1, 0.15) is 32.2 Å². The van der Waals surface area contributed by atoms with E-state index in [1.807, 2.05) is 25.1 Å². The molecule has 0 bridgehead atoms. The number of aromatic nitrogens is 4. The van der Waals surface area contributed by atoms with Gasteiger partial charge in [-0.15, -0.1) is 5.10 Å². The molecule has 174 valence electrons. The van der Waals surface area contributed by atoms with Crippen molar-refractivity contribution in [2.24, 2.45) is 0 Å². The lowest BCUT2D eigenvalue weighted by Crippen LogP contribution is -2.20. The van der Waals surface area contributed by atoms with Crippen LogP contribution in [-0.4, -0.2) is 38.4 Å². The molecule has 3 N–H and O–H groups in total. The Morgan fingerprint density at radius 2 is 1.76 bits per heavy atom. The standard InChI is InChI=1S/C22H18F3N7O2/c1-12-6-3-4-7-14(12)28-18-15(10-13(11-27-18)20(33)26-2)29-21(34)19-30-17-9-5-8-16(22(23,24)25)32(17)31-19/h3-11H,1-2H3,(H,26,33)(H,27,28)(H,29,34). The summed E-state index contributed by atoms with van der Waals surface area (Å²) in [6.07, 6.45) is -3.36. The fraction of sp³-hybridized carbons (Fsp3) is 0.136. The number of alkyl halides is 3. The van der Waals surface area contributed by atoms with E-state index in [0.717, 1.165) is 11.6 Å². The molecule has 1 aromatic carbocycles. The lowest BCUT2D eigenvalue weighted by molar-refractivity contribution is -0.142. The van der Waals surface area contributed by atoms with Gasteiger partial charge in [-0.3, -0.25) is 9.59 Å². The number of halogens is 3. The van der Waals surface area contributed by atoms with Crippen molar-refractivity contribution >= 4 is 34.7 Å². The number of hydrogen-bond acceptors (Lipinski definition) is 6. The van der Waals surface area contributed by atoms with E-state index in [1.165, 1.54) is 31.4 Å². The molecule has 0 atom stereocenters. The van der Waals surface area contributed by atoms with Gasteiger partial charge in [-0.2, -0.15) is 13.2 Å². The minimum Gasteiger partial charge on any atom is -0.355 e. The highest BCUT2D eigenvalue weighted by molar-refractivity contribution is 6.05. The van der Waals surface area contributed by atoms with Gasteiger partial charge in [0.05, 0.1) is 11.3 Å². The number of amides is 2. The van der Waals surface area contributed by atoms with Gasteiger partial charge < -0.3 is 16.0 Å². The number of anilines is 3. The zero-order valence-corrected chi connectivity index (χ0v) is 17.9. The largest absolute Gasteiger partial charge is 0.433 e. The van der Waals surface area contributed by atoms with E-state index >= 15 is 0 Å². The minimum atomic E-state index is -4.68. The molecule has 2 amide bonds. The Morgan fingerprint density at radius 3 is 2.47 bits per heavy atom. The molecule has 0 unspecified atom stereocenters. The van der Waals surface area contributed by atoms with Crippen LogP contribution in [0.25, 0.3) is 5.65 Å². The molecule has 0 saturated carbocycles. The molecule has 9 nitrogen and oxygen atoms in total. The topological polar surface area (TPSA) is 113 Å². The SMILES string of the molecule is CNC(=O)c1cnc(Nc2ccccc2C)c(NC(=O)c2nc3cccc(C(F)(F)F)n3n2)c1. The molecule has 4 rings (SSSR count). The number of pyridine rings is 2. The minimum absolute atomic E-state index is 0.115. The highest BCUT2D eigenvalue weighted by atomic mass is 19.4. The van der Waals surface area contributed by atoms with Crippen LogP contribution in [-0.2, 0) is 6.18 Å². The number of benzene rings is 1. The molecule has 3 aromatic heterocycles. The Kier molecular flexibility index (Phi) is 5.88. The molecule has 3 heterocycles. The van der Waals surface area contributed by atoms with Crippen molar-refractivity contribution in [2.45, 2.75) is 13.1 Å². The van der Waals surface area contributed by atoms with Crippen LogP contribution in [0.3, 0.4) is 0 Å². The number of carbonyl (C=O) groups is 2. The van der Waals surface area contributed by atoms with Crippen LogP contribution < -0.4 is 16.0 Å². The molecule has 0 spiro atoms. The number of fused-ring (bicyclic) bond motifs is 1. The van der Waals surface area contributed by atoms with Gasteiger partial charge in [-0.25, -0.2) is 14.5 Å². The molecular weight excluding hydrogens is 451 g/mol. The van der Waals surface area contributed by atoms with E-state index in [0.29, 0.717) is 10.2 Å². The van der Waals surface area contributed by atoms with Gasteiger partial charge in [0, 0.05) is 18.9 Å². The summed E-state index contributed by atoms with van der Waals surface area (Å²) in [6.45, 7) is 1.87. The Labute approximate surface area is 191 Å². The van der Waals surface area contributed by atoms with E-state index in [9.17, 15) is 22.8 Å². The first kappa shape index (κ1) is 22.7.